The third kappa shape index (κ3) is 3.43. The average molecular weight is 288 g/mol. The third-order valence-electron chi connectivity index (χ3n) is 3.74. The summed E-state index contributed by atoms with van der Waals surface area (Å²) in [5, 5.41) is 5.82. The lowest BCUT2D eigenvalue weighted by atomic mass is 10.0. The quantitative estimate of drug-likeness (QED) is 0.840. The van der Waals surface area contributed by atoms with Crippen LogP contribution in [0, 0.1) is 19.3 Å². The Hall–Kier alpha value is -1.84. The fourth-order valence-electron chi connectivity index (χ4n) is 2.34. The second kappa shape index (κ2) is 5.17. The van der Waals surface area contributed by atoms with Crippen LogP contribution < -0.4 is 10.6 Å². The lowest BCUT2D eigenvalue weighted by molar-refractivity contribution is -0.135. The molecule has 0 atom stereocenters. The van der Waals surface area contributed by atoms with Crippen LogP contribution in [0.5, 0.6) is 0 Å². The zero-order chi connectivity index (χ0) is 15.8. The Labute approximate surface area is 126 Å². The molecule has 0 heterocycles. The van der Waals surface area contributed by atoms with Crippen LogP contribution >= 0.6 is 0 Å². The Balaban J connectivity index is 2.11. The largest absolute Gasteiger partial charge is 0.351 e. The number of anilines is 1. The first-order valence-electron chi connectivity index (χ1n) is 7.35. The van der Waals surface area contributed by atoms with Gasteiger partial charge in [-0.05, 0) is 59.1 Å². The molecule has 21 heavy (non-hydrogen) atoms. The predicted molar refractivity (Wildman–Crippen MR) is 84.1 cm³/mol. The molecule has 1 aromatic rings. The molecule has 0 bridgehead atoms. The van der Waals surface area contributed by atoms with E-state index in [1.807, 2.05) is 52.8 Å². The van der Waals surface area contributed by atoms with Crippen molar-refractivity contribution in [1.82, 2.24) is 5.32 Å². The summed E-state index contributed by atoms with van der Waals surface area (Å²) in [6.45, 7) is 9.73. The normalized spacial score (nSPS) is 16.2. The van der Waals surface area contributed by atoms with Crippen LogP contribution in [0.2, 0.25) is 0 Å². The van der Waals surface area contributed by atoms with Crippen LogP contribution in [0.25, 0.3) is 0 Å². The summed E-state index contributed by atoms with van der Waals surface area (Å²) >= 11 is 0. The average Bonchev–Trinajstić information content (AvgIpc) is 3.11. The lowest BCUT2D eigenvalue weighted by Crippen LogP contribution is -2.48. The molecule has 0 aromatic heterocycles. The molecule has 1 aliphatic rings. The zero-order valence-electron chi connectivity index (χ0n) is 13.5. The number of amides is 2. The summed E-state index contributed by atoms with van der Waals surface area (Å²) in [4.78, 5) is 24.8. The van der Waals surface area contributed by atoms with Crippen LogP contribution in [-0.4, -0.2) is 17.4 Å². The Morgan fingerprint density at radius 2 is 1.71 bits per heavy atom. The molecule has 0 spiro atoms. The molecule has 2 rings (SSSR count). The van der Waals surface area contributed by atoms with Crippen molar-refractivity contribution in [2.24, 2.45) is 5.41 Å². The standard InChI is InChI=1S/C17H24N2O2/c1-11-6-7-13(12(2)10-11)18-14(20)17(8-9-17)15(21)19-16(3,4)5/h6-7,10H,8-9H2,1-5H3,(H,18,20)(H,19,21). The molecule has 0 radical (unpaired) electrons. The molecule has 0 unspecified atom stereocenters. The first-order chi connectivity index (χ1) is 9.64. The Kier molecular flexibility index (Phi) is 3.83. The van der Waals surface area contributed by atoms with E-state index in [1.165, 1.54) is 0 Å². The molecular weight excluding hydrogens is 264 g/mol. The summed E-state index contributed by atoms with van der Waals surface area (Å²) in [5.41, 5.74) is 1.73. The molecule has 0 saturated heterocycles. The first-order valence-corrected chi connectivity index (χ1v) is 7.35. The number of rotatable bonds is 3. The number of hydrogen-bond acceptors (Lipinski definition) is 2. The third-order valence-corrected chi connectivity index (χ3v) is 3.74. The molecular formula is C17H24N2O2. The molecule has 1 aliphatic carbocycles. The number of hydrogen-bond donors (Lipinski definition) is 2. The van der Waals surface area contributed by atoms with Crippen LogP contribution in [-0.2, 0) is 9.59 Å². The summed E-state index contributed by atoms with van der Waals surface area (Å²) in [6.07, 6.45) is 1.23. The van der Waals surface area contributed by atoms with Gasteiger partial charge in [0.05, 0.1) is 0 Å². The van der Waals surface area contributed by atoms with Gasteiger partial charge in [-0.2, -0.15) is 0 Å². The van der Waals surface area contributed by atoms with Crippen LogP contribution in [0.15, 0.2) is 18.2 Å². The van der Waals surface area contributed by atoms with Gasteiger partial charge in [0.2, 0.25) is 11.8 Å². The Morgan fingerprint density at radius 1 is 1.10 bits per heavy atom. The minimum absolute atomic E-state index is 0.169. The highest BCUT2D eigenvalue weighted by Gasteiger charge is 2.57. The Morgan fingerprint density at radius 3 is 2.19 bits per heavy atom. The highest BCUT2D eigenvalue weighted by molar-refractivity contribution is 6.13. The van der Waals surface area contributed by atoms with Crippen molar-refractivity contribution < 1.29 is 9.59 Å². The summed E-state index contributed by atoms with van der Waals surface area (Å²) in [6, 6.07) is 5.86. The summed E-state index contributed by atoms with van der Waals surface area (Å²) < 4.78 is 0. The Bertz CT molecular complexity index is 581. The van der Waals surface area contributed by atoms with Gasteiger partial charge in [-0.25, -0.2) is 0 Å². The van der Waals surface area contributed by atoms with Crippen LogP contribution in [0.1, 0.15) is 44.7 Å². The highest BCUT2D eigenvalue weighted by Crippen LogP contribution is 2.47. The molecule has 1 saturated carbocycles. The van der Waals surface area contributed by atoms with Gasteiger partial charge in [-0.3, -0.25) is 9.59 Å². The second-order valence-corrected chi connectivity index (χ2v) is 7.06. The number of aryl methyl sites for hydroxylation is 2. The van der Waals surface area contributed by atoms with E-state index in [1.54, 1.807) is 0 Å². The van der Waals surface area contributed by atoms with E-state index in [4.69, 9.17) is 0 Å². The number of nitrogens with one attached hydrogen (secondary N) is 2. The van der Waals surface area contributed by atoms with E-state index in [9.17, 15) is 9.59 Å². The van der Waals surface area contributed by atoms with E-state index in [0.29, 0.717) is 12.8 Å². The van der Waals surface area contributed by atoms with E-state index in [-0.39, 0.29) is 17.4 Å². The molecule has 4 nitrogen and oxygen atoms in total. The maximum Gasteiger partial charge on any atom is 0.240 e. The van der Waals surface area contributed by atoms with Crippen LogP contribution in [0.4, 0.5) is 5.69 Å². The fraction of sp³-hybridized carbons (Fsp3) is 0.529. The van der Waals surface area contributed by atoms with Crippen molar-refractivity contribution in [3.05, 3.63) is 29.3 Å². The van der Waals surface area contributed by atoms with Crippen molar-refractivity contribution in [1.29, 1.82) is 0 Å². The molecule has 1 aromatic carbocycles. The number of benzene rings is 1. The maximum absolute atomic E-state index is 12.5. The van der Waals surface area contributed by atoms with Crippen molar-refractivity contribution in [3.63, 3.8) is 0 Å². The van der Waals surface area contributed by atoms with E-state index in [0.717, 1.165) is 16.8 Å². The molecule has 114 valence electrons. The van der Waals surface area contributed by atoms with Gasteiger partial charge in [-0.15, -0.1) is 0 Å². The van der Waals surface area contributed by atoms with E-state index in [2.05, 4.69) is 10.6 Å². The van der Waals surface area contributed by atoms with Crippen molar-refractivity contribution >= 4 is 17.5 Å². The number of carbonyl (C=O) groups excluding carboxylic acids is 2. The summed E-state index contributed by atoms with van der Waals surface area (Å²) in [7, 11) is 0. The number of carbonyl (C=O) groups is 2. The zero-order valence-corrected chi connectivity index (χ0v) is 13.5. The topological polar surface area (TPSA) is 58.2 Å². The van der Waals surface area contributed by atoms with Crippen molar-refractivity contribution in [2.75, 3.05) is 5.32 Å². The van der Waals surface area contributed by atoms with E-state index >= 15 is 0 Å². The monoisotopic (exact) mass is 288 g/mol. The van der Waals surface area contributed by atoms with Gasteiger partial charge < -0.3 is 10.6 Å². The van der Waals surface area contributed by atoms with Gasteiger partial charge in [0.1, 0.15) is 5.41 Å². The van der Waals surface area contributed by atoms with Gasteiger partial charge in [0, 0.05) is 11.2 Å². The minimum Gasteiger partial charge on any atom is -0.351 e. The molecule has 1 fully saturated rings. The molecule has 4 heteroatoms. The van der Waals surface area contributed by atoms with Crippen LogP contribution in [0.3, 0.4) is 0 Å². The minimum atomic E-state index is -0.884. The van der Waals surface area contributed by atoms with Gasteiger partial charge in [0.15, 0.2) is 0 Å². The molecule has 0 aliphatic heterocycles. The van der Waals surface area contributed by atoms with Gasteiger partial charge in [-0.1, -0.05) is 17.7 Å². The smallest absolute Gasteiger partial charge is 0.240 e. The van der Waals surface area contributed by atoms with Crippen molar-refractivity contribution in [3.8, 4) is 0 Å². The maximum atomic E-state index is 12.5. The fourth-order valence-corrected chi connectivity index (χ4v) is 2.34. The molecule has 2 N–H and O–H groups in total. The predicted octanol–water partition coefficient (Wildman–Crippen LogP) is 2.94. The van der Waals surface area contributed by atoms with Gasteiger partial charge in [0.25, 0.3) is 0 Å². The highest BCUT2D eigenvalue weighted by atomic mass is 16.2. The van der Waals surface area contributed by atoms with Gasteiger partial charge >= 0.3 is 0 Å². The van der Waals surface area contributed by atoms with E-state index < -0.39 is 5.41 Å². The second-order valence-electron chi connectivity index (χ2n) is 7.06. The first kappa shape index (κ1) is 15.5. The summed E-state index contributed by atoms with van der Waals surface area (Å²) in [5.74, 6) is -0.367. The SMILES string of the molecule is Cc1ccc(NC(=O)C2(C(=O)NC(C)(C)C)CC2)c(C)c1. The molecule has 2 amide bonds. The lowest BCUT2D eigenvalue weighted by Gasteiger charge is -2.24. The van der Waals surface area contributed by atoms with Crippen molar-refractivity contribution in [2.45, 2.75) is 53.0 Å².